The van der Waals surface area contributed by atoms with E-state index < -0.39 is 0 Å². The Hall–Kier alpha value is -1.38. The fourth-order valence-electron chi connectivity index (χ4n) is 1.97. The highest BCUT2D eigenvalue weighted by molar-refractivity contribution is 6.31. The lowest BCUT2D eigenvalue weighted by Gasteiger charge is -2.14. The first-order valence-electron chi connectivity index (χ1n) is 6.52. The second-order valence-electron chi connectivity index (χ2n) is 4.45. The highest BCUT2D eigenvalue weighted by atomic mass is 35.5. The molecule has 4 heteroatoms. The van der Waals surface area contributed by atoms with Crippen LogP contribution in [0.5, 0.6) is 5.75 Å². The van der Waals surface area contributed by atoms with E-state index in [0.717, 1.165) is 27.6 Å². The van der Waals surface area contributed by atoms with Gasteiger partial charge in [-0.05, 0) is 49.7 Å². The lowest BCUT2D eigenvalue weighted by Crippen LogP contribution is -2.04. The van der Waals surface area contributed by atoms with Crippen molar-refractivity contribution >= 4 is 28.9 Å². The quantitative estimate of drug-likeness (QED) is 0.807. The van der Waals surface area contributed by atoms with Crippen molar-refractivity contribution in [2.45, 2.75) is 20.4 Å². The molecule has 0 radical (unpaired) electrons. The van der Waals surface area contributed by atoms with Gasteiger partial charge < -0.3 is 10.1 Å². The van der Waals surface area contributed by atoms with Crippen LogP contribution in [0.3, 0.4) is 0 Å². The zero-order valence-corrected chi connectivity index (χ0v) is 13.1. The second kappa shape index (κ2) is 6.87. The molecular formula is C16H17Cl2NO. The summed E-state index contributed by atoms with van der Waals surface area (Å²) in [5, 5.41) is 4.83. The number of hydrogen-bond acceptors (Lipinski definition) is 2. The summed E-state index contributed by atoms with van der Waals surface area (Å²) < 4.78 is 5.61. The molecule has 2 aromatic carbocycles. The van der Waals surface area contributed by atoms with Gasteiger partial charge in [-0.3, -0.25) is 0 Å². The van der Waals surface area contributed by atoms with Gasteiger partial charge in [0.1, 0.15) is 5.75 Å². The molecule has 2 nitrogen and oxygen atoms in total. The number of benzene rings is 2. The summed E-state index contributed by atoms with van der Waals surface area (Å²) >= 11 is 12.2. The molecule has 0 heterocycles. The van der Waals surface area contributed by atoms with Gasteiger partial charge in [0.05, 0.1) is 6.61 Å². The van der Waals surface area contributed by atoms with Crippen molar-refractivity contribution < 1.29 is 4.74 Å². The maximum absolute atomic E-state index is 6.12. The van der Waals surface area contributed by atoms with Crippen molar-refractivity contribution in [2.24, 2.45) is 0 Å². The van der Waals surface area contributed by atoms with Gasteiger partial charge in [0, 0.05) is 27.8 Å². The number of ether oxygens (including phenoxy) is 1. The SMILES string of the molecule is CCOc1ccc(Cl)cc1CNc1cccc(Cl)c1C. The van der Waals surface area contributed by atoms with Crippen LogP contribution < -0.4 is 10.1 Å². The Morgan fingerprint density at radius 1 is 1.15 bits per heavy atom. The highest BCUT2D eigenvalue weighted by Crippen LogP contribution is 2.26. The van der Waals surface area contributed by atoms with E-state index in [1.54, 1.807) is 0 Å². The van der Waals surface area contributed by atoms with E-state index in [2.05, 4.69) is 5.32 Å². The smallest absolute Gasteiger partial charge is 0.124 e. The third-order valence-corrected chi connectivity index (χ3v) is 3.70. The molecule has 0 fully saturated rings. The molecule has 0 bridgehead atoms. The average molecular weight is 310 g/mol. The molecular weight excluding hydrogens is 293 g/mol. The van der Waals surface area contributed by atoms with Gasteiger partial charge in [0.2, 0.25) is 0 Å². The number of anilines is 1. The van der Waals surface area contributed by atoms with Crippen LogP contribution in [0.25, 0.3) is 0 Å². The van der Waals surface area contributed by atoms with Gasteiger partial charge in [0.15, 0.2) is 0 Å². The summed E-state index contributed by atoms with van der Waals surface area (Å²) in [4.78, 5) is 0. The van der Waals surface area contributed by atoms with Gasteiger partial charge >= 0.3 is 0 Å². The van der Waals surface area contributed by atoms with Crippen molar-refractivity contribution in [3.8, 4) is 5.75 Å². The Balaban J connectivity index is 2.18. The Morgan fingerprint density at radius 2 is 1.95 bits per heavy atom. The summed E-state index contributed by atoms with van der Waals surface area (Å²) in [5.74, 6) is 0.851. The monoisotopic (exact) mass is 309 g/mol. The summed E-state index contributed by atoms with van der Waals surface area (Å²) in [7, 11) is 0. The zero-order chi connectivity index (χ0) is 14.5. The summed E-state index contributed by atoms with van der Waals surface area (Å²) in [6.45, 7) is 5.22. The molecule has 0 unspecified atom stereocenters. The van der Waals surface area contributed by atoms with E-state index in [-0.39, 0.29) is 0 Å². The van der Waals surface area contributed by atoms with Gasteiger partial charge in [-0.25, -0.2) is 0 Å². The minimum atomic E-state index is 0.630. The Labute approximate surface area is 129 Å². The molecule has 0 amide bonds. The first-order chi connectivity index (χ1) is 9.61. The van der Waals surface area contributed by atoms with Crippen LogP contribution in [-0.4, -0.2) is 6.61 Å². The highest BCUT2D eigenvalue weighted by Gasteiger charge is 2.06. The predicted molar refractivity (Wildman–Crippen MR) is 86.1 cm³/mol. The molecule has 0 aliphatic heterocycles. The predicted octanol–water partition coefficient (Wildman–Crippen LogP) is 5.31. The van der Waals surface area contributed by atoms with Gasteiger partial charge in [0.25, 0.3) is 0 Å². The van der Waals surface area contributed by atoms with Crippen molar-refractivity contribution in [3.05, 3.63) is 57.6 Å². The molecule has 0 spiro atoms. The van der Waals surface area contributed by atoms with E-state index in [9.17, 15) is 0 Å². The van der Waals surface area contributed by atoms with Crippen LogP contribution in [0.4, 0.5) is 5.69 Å². The molecule has 1 N–H and O–H groups in total. The Kier molecular flexibility index (Phi) is 5.16. The first kappa shape index (κ1) is 15.0. The van der Waals surface area contributed by atoms with Crippen LogP contribution in [0, 0.1) is 6.92 Å². The summed E-state index contributed by atoms with van der Waals surface area (Å²) in [6.07, 6.45) is 0. The molecule has 106 valence electrons. The van der Waals surface area contributed by atoms with Crippen LogP contribution in [0.15, 0.2) is 36.4 Å². The zero-order valence-electron chi connectivity index (χ0n) is 11.5. The number of halogens is 2. The third kappa shape index (κ3) is 3.59. The summed E-state index contributed by atoms with van der Waals surface area (Å²) in [6, 6.07) is 11.5. The van der Waals surface area contributed by atoms with E-state index in [1.807, 2.05) is 50.2 Å². The molecule has 20 heavy (non-hydrogen) atoms. The molecule has 0 aromatic heterocycles. The number of rotatable bonds is 5. The Morgan fingerprint density at radius 3 is 2.70 bits per heavy atom. The van der Waals surface area contributed by atoms with Gasteiger partial charge in [-0.1, -0.05) is 29.3 Å². The van der Waals surface area contributed by atoms with Gasteiger partial charge in [-0.2, -0.15) is 0 Å². The standard InChI is InChI=1S/C16H17Cl2NO/c1-3-20-16-8-7-13(17)9-12(16)10-19-15-6-4-5-14(18)11(15)2/h4-9,19H,3,10H2,1-2H3. The molecule has 2 rings (SSSR count). The summed E-state index contributed by atoms with van der Waals surface area (Å²) in [5.41, 5.74) is 3.08. The lowest BCUT2D eigenvalue weighted by atomic mass is 10.1. The molecule has 0 atom stereocenters. The van der Waals surface area contributed by atoms with E-state index in [4.69, 9.17) is 27.9 Å². The van der Waals surface area contributed by atoms with Crippen LogP contribution in [0.2, 0.25) is 10.0 Å². The maximum Gasteiger partial charge on any atom is 0.124 e. The second-order valence-corrected chi connectivity index (χ2v) is 5.29. The van der Waals surface area contributed by atoms with Gasteiger partial charge in [-0.15, -0.1) is 0 Å². The minimum absolute atomic E-state index is 0.630. The third-order valence-electron chi connectivity index (χ3n) is 3.06. The van der Waals surface area contributed by atoms with Crippen molar-refractivity contribution in [3.63, 3.8) is 0 Å². The van der Waals surface area contributed by atoms with E-state index in [0.29, 0.717) is 18.2 Å². The first-order valence-corrected chi connectivity index (χ1v) is 7.27. The van der Waals surface area contributed by atoms with E-state index >= 15 is 0 Å². The fraction of sp³-hybridized carbons (Fsp3) is 0.250. The van der Waals surface area contributed by atoms with Crippen molar-refractivity contribution in [1.29, 1.82) is 0 Å². The largest absolute Gasteiger partial charge is 0.494 e. The molecule has 0 saturated carbocycles. The topological polar surface area (TPSA) is 21.3 Å². The molecule has 0 aliphatic rings. The van der Waals surface area contributed by atoms with Crippen LogP contribution in [-0.2, 0) is 6.54 Å². The Bertz CT molecular complexity index is 599. The maximum atomic E-state index is 6.12. The van der Waals surface area contributed by atoms with E-state index in [1.165, 1.54) is 0 Å². The molecule has 0 aliphatic carbocycles. The normalized spacial score (nSPS) is 10.4. The molecule has 2 aromatic rings. The minimum Gasteiger partial charge on any atom is -0.494 e. The number of nitrogens with one attached hydrogen (secondary N) is 1. The molecule has 0 saturated heterocycles. The van der Waals surface area contributed by atoms with Crippen molar-refractivity contribution in [2.75, 3.05) is 11.9 Å². The lowest BCUT2D eigenvalue weighted by molar-refractivity contribution is 0.337. The number of hydrogen-bond donors (Lipinski definition) is 1. The average Bonchev–Trinajstić information content (AvgIpc) is 2.43. The van der Waals surface area contributed by atoms with Crippen LogP contribution >= 0.6 is 23.2 Å². The van der Waals surface area contributed by atoms with Crippen LogP contribution in [0.1, 0.15) is 18.1 Å². The van der Waals surface area contributed by atoms with Crippen molar-refractivity contribution in [1.82, 2.24) is 0 Å². The fourth-order valence-corrected chi connectivity index (χ4v) is 2.34.